The van der Waals surface area contributed by atoms with Crippen LogP contribution in [0.25, 0.3) is 0 Å². The number of sulfone groups is 1. The molecule has 1 aliphatic rings. The van der Waals surface area contributed by atoms with Crippen molar-refractivity contribution in [2.24, 2.45) is 5.73 Å². The molecule has 0 aromatic heterocycles. The molecule has 0 saturated heterocycles. The van der Waals surface area contributed by atoms with Gasteiger partial charge in [0.2, 0.25) is 5.91 Å². The van der Waals surface area contributed by atoms with Gasteiger partial charge in [0.25, 0.3) is 0 Å². The summed E-state index contributed by atoms with van der Waals surface area (Å²) in [6, 6.07) is 14.9. The fourth-order valence-corrected chi connectivity index (χ4v) is 5.68. The van der Waals surface area contributed by atoms with E-state index < -0.39 is 9.84 Å². The quantitative estimate of drug-likeness (QED) is 0.530. The largest absolute Gasteiger partial charge is 0.375 e. The fraction of sp³-hybridized carbons (Fsp3) is 0.480. The van der Waals surface area contributed by atoms with Gasteiger partial charge in [-0.15, -0.1) is 12.4 Å². The Balaban J connectivity index is 0.00000408. The minimum Gasteiger partial charge on any atom is -0.375 e. The van der Waals surface area contributed by atoms with Crippen LogP contribution in [0, 0.1) is 0 Å². The number of benzene rings is 2. The number of halogens is 2. The molecule has 0 aliphatic heterocycles. The molecule has 3 rings (SSSR count). The van der Waals surface area contributed by atoms with Gasteiger partial charge in [0.05, 0.1) is 4.90 Å². The molecule has 0 atom stereocenters. The van der Waals surface area contributed by atoms with E-state index in [-0.39, 0.29) is 36.4 Å². The Morgan fingerprint density at radius 2 is 1.85 bits per heavy atom. The number of methoxy groups -OCH3 is 1. The van der Waals surface area contributed by atoms with E-state index in [0.717, 1.165) is 36.8 Å². The highest BCUT2D eigenvalue weighted by Gasteiger charge is 2.38. The van der Waals surface area contributed by atoms with E-state index in [1.807, 2.05) is 29.2 Å². The summed E-state index contributed by atoms with van der Waals surface area (Å²) in [6.07, 6.45) is 5.19. The monoisotopic (exact) mass is 528 g/mol. The maximum Gasteiger partial charge on any atom is 0.248 e. The second-order valence-electron chi connectivity index (χ2n) is 8.92. The van der Waals surface area contributed by atoms with Crippen LogP contribution in [0.1, 0.15) is 36.8 Å². The summed E-state index contributed by atoms with van der Waals surface area (Å²) in [5.41, 5.74) is 8.15. The Morgan fingerprint density at radius 3 is 2.44 bits per heavy atom. The topological polar surface area (TPSA) is 89.7 Å². The van der Waals surface area contributed by atoms with Crippen molar-refractivity contribution < 1.29 is 17.9 Å². The molecular weight excluding hydrogens is 495 g/mol. The second-order valence-corrected chi connectivity index (χ2v) is 11.4. The lowest BCUT2D eigenvalue weighted by Gasteiger charge is -2.43. The number of nitrogens with zero attached hydrogens (tertiary/aromatic N) is 1. The van der Waals surface area contributed by atoms with Crippen LogP contribution < -0.4 is 5.73 Å². The molecule has 188 valence electrons. The lowest BCUT2D eigenvalue weighted by atomic mass is 9.68. The van der Waals surface area contributed by atoms with Crippen molar-refractivity contribution in [3.63, 3.8) is 0 Å². The van der Waals surface area contributed by atoms with Crippen molar-refractivity contribution in [2.45, 2.75) is 48.5 Å². The SMILES string of the molecule is COCC(=O)N(CCc1cccc(S(C)(=O)=O)c1)[C@H]1CC[C@](CN)(c2cccc(Cl)c2)CC1.Cl. The third kappa shape index (κ3) is 6.95. The Kier molecular flexibility index (Phi) is 10.4. The fourth-order valence-electron chi connectivity index (χ4n) is 4.79. The first-order chi connectivity index (χ1) is 15.7. The molecule has 0 heterocycles. The van der Waals surface area contributed by atoms with E-state index >= 15 is 0 Å². The van der Waals surface area contributed by atoms with E-state index in [1.54, 1.807) is 18.2 Å². The van der Waals surface area contributed by atoms with Crippen LogP contribution in [0.2, 0.25) is 5.02 Å². The average molecular weight is 530 g/mol. The van der Waals surface area contributed by atoms with Crippen LogP contribution in [-0.2, 0) is 31.2 Å². The minimum absolute atomic E-state index is 0. The Bertz CT molecular complexity index is 1070. The van der Waals surface area contributed by atoms with Crippen LogP contribution in [0.3, 0.4) is 0 Å². The van der Waals surface area contributed by atoms with E-state index in [4.69, 9.17) is 22.1 Å². The first kappa shape index (κ1) is 28.6. The van der Waals surface area contributed by atoms with Gasteiger partial charge in [0.15, 0.2) is 9.84 Å². The van der Waals surface area contributed by atoms with Crippen molar-refractivity contribution in [3.05, 3.63) is 64.7 Å². The lowest BCUT2D eigenvalue weighted by Crippen LogP contribution is -2.49. The van der Waals surface area contributed by atoms with Crippen molar-refractivity contribution in [3.8, 4) is 0 Å². The van der Waals surface area contributed by atoms with Gasteiger partial charge < -0.3 is 15.4 Å². The maximum atomic E-state index is 12.9. The van der Waals surface area contributed by atoms with Gasteiger partial charge in [-0.3, -0.25) is 4.79 Å². The summed E-state index contributed by atoms with van der Waals surface area (Å²) in [4.78, 5) is 15.1. The minimum atomic E-state index is -3.28. The highest BCUT2D eigenvalue weighted by Crippen LogP contribution is 2.41. The molecule has 9 heteroatoms. The molecule has 1 aliphatic carbocycles. The average Bonchev–Trinajstić information content (AvgIpc) is 2.79. The van der Waals surface area contributed by atoms with Crippen LogP contribution in [0.5, 0.6) is 0 Å². The molecule has 0 unspecified atom stereocenters. The van der Waals surface area contributed by atoms with Gasteiger partial charge in [-0.1, -0.05) is 35.9 Å². The molecular formula is C25H34Cl2N2O4S. The summed E-state index contributed by atoms with van der Waals surface area (Å²) < 4.78 is 28.9. The van der Waals surface area contributed by atoms with Crippen molar-refractivity contribution in [1.82, 2.24) is 4.90 Å². The Morgan fingerprint density at radius 1 is 1.18 bits per heavy atom. The van der Waals surface area contributed by atoms with Crippen molar-refractivity contribution >= 4 is 39.8 Å². The lowest BCUT2D eigenvalue weighted by molar-refractivity contribution is -0.138. The van der Waals surface area contributed by atoms with Crippen molar-refractivity contribution in [1.29, 1.82) is 0 Å². The molecule has 2 N–H and O–H groups in total. The summed E-state index contributed by atoms with van der Waals surface area (Å²) in [5.74, 6) is -0.0511. The predicted molar refractivity (Wildman–Crippen MR) is 139 cm³/mol. The molecule has 0 spiro atoms. The van der Waals surface area contributed by atoms with Gasteiger partial charge in [-0.2, -0.15) is 0 Å². The molecule has 0 radical (unpaired) electrons. The molecule has 34 heavy (non-hydrogen) atoms. The Hall–Kier alpha value is -1.64. The van der Waals surface area contributed by atoms with Crippen LogP contribution in [0.4, 0.5) is 0 Å². The Labute approximate surface area is 214 Å². The highest BCUT2D eigenvalue weighted by atomic mass is 35.5. The summed E-state index contributed by atoms with van der Waals surface area (Å²) >= 11 is 6.23. The first-order valence-corrected chi connectivity index (χ1v) is 13.5. The molecule has 1 amide bonds. The number of nitrogens with two attached hydrogens (primary N) is 1. The van der Waals surface area contributed by atoms with Crippen LogP contribution in [-0.4, -0.2) is 58.3 Å². The normalized spacial score (nSPS) is 20.4. The van der Waals surface area contributed by atoms with E-state index in [2.05, 4.69) is 6.07 Å². The zero-order valence-electron chi connectivity index (χ0n) is 19.7. The number of amides is 1. The number of carbonyl (C=O) groups is 1. The zero-order valence-corrected chi connectivity index (χ0v) is 22.1. The summed E-state index contributed by atoms with van der Waals surface area (Å²) in [5, 5.41) is 0.704. The van der Waals surface area contributed by atoms with Gasteiger partial charge in [0, 0.05) is 42.9 Å². The van der Waals surface area contributed by atoms with Crippen molar-refractivity contribution in [2.75, 3.05) is 33.1 Å². The van der Waals surface area contributed by atoms with E-state index in [1.165, 1.54) is 13.4 Å². The van der Waals surface area contributed by atoms with Crippen LogP contribution >= 0.6 is 24.0 Å². The predicted octanol–water partition coefficient (Wildman–Crippen LogP) is 4.02. The van der Waals surface area contributed by atoms with E-state index in [9.17, 15) is 13.2 Å². The third-order valence-electron chi connectivity index (χ3n) is 6.74. The number of rotatable bonds is 9. The first-order valence-electron chi connectivity index (χ1n) is 11.2. The van der Waals surface area contributed by atoms with Gasteiger partial charge in [0.1, 0.15) is 6.61 Å². The molecule has 2 aromatic rings. The van der Waals surface area contributed by atoms with Gasteiger partial charge in [-0.05, 0) is 67.5 Å². The third-order valence-corrected chi connectivity index (χ3v) is 8.08. The standard InChI is InChI=1S/C25H33ClN2O4S.ClH/c1-32-17-24(29)28(14-11-19-5-3-8-23(15-19)33(2,30)31)22-9-12-25(18-27,13-10-22)20-6-4-7-21(26)16-20;/h3-8,15-16,22H,9-14,17-18,27H2,1-2H3;1H/t22-,25-;. The van der Waals surface area contributed by atoms with Gasteiger partial charge in [-0.25, -0.2) is 8.42 Å². The molecule has 1 fully saturated rings. The molecule has 0 bridgehead atoms. The summed E-state index contributed by atoms with van der Waals surface area (Å²) in [7, 11) is -1.76. The van der Waals surface area contributed by atoms with Gasteiger partial charge >= 0.3 is 0 Å². The molecule has 1 saturated carbocycles. The highest BCUT2D eigenvalue weighted by molar-refractivity contribution is 7.90. The maximum absolute atomic E-state index is 12.9. The second kappa shape index (κ2) is 12.4. The smallest absolute Gasteiger partial charge is 0.248 e. The number of carbonyl (C=O) groups excluding carboxylic acids is 1. The number of hydrogen-bond donors (Lipinski definition) is 1. The molecule has 6 nitrogen and oxygen atoms in total. The molecule has 2 aromatic carbocycles. The number of hydrogen-bond acceptors (Lipinski definition) is 5. The van der Waals surface area contributed by atoms with E-state index in [0.29, 0.717) is 29.4 Å². The zero-order chi connectivity index (χ0) is 24.1. The van der Waals surface area contributed by atoms with Crippen LogP contribution in [0.15, 0.2) is 53.4 Å². The number of ether oxygens (including phenoxy) is 1. The summed E-state index contributed by atoms with van der Waals surface area (Å²) in [6.45, 7) is 1.06.